The first-order chi connectivity index (χ1) is 8.57. The maximum absolute atomic E-state index is 12.1. The average Bonchev–Trinajstić information content (AvgIpc) is 2.72. The van der Waals surface area contributed by atoms with Crippen molar-refractivity contribution < 1.29 is 19.1 Å². The average molecular weight is 250 g/mol. The number of hydrogen-bond donors (Lipinski definition) is 0. The Labute approximate surface area is 107 Å². The number of carbonyl (C=O) groups excluding carboxylic acids is 2. The molecule has 2 rings (SSSR count). The minimum absolute atomic E-state index is 0.0805. The van der Waals surface area contributed by atoms with E-state index in [0.29, 0.717) is 6.42 Å². The summed E-state index contributed by atoms with van der Waals surface area (Å²) in [6, 6.07) is 0. The van der Waals surface area contributed by atoms with Gasteiger partial charge in [0.15, 0.2) is 5.41 Å². The Hall–Kier alpha value is -1.58. The van der Waals surface area contributed by atoms with Gasteiger partial charge >= 0.3 is 11.9 Å². The Balaban J connectivity index is 2.48. The topological polar surface area (TPSA) is 52.6 Å². The van der Waals surface area contributed by atoms with E-state index in [-0.39, 0.29) is 11.8 Å². The predicted molar refractivity (Wildman–Crippen MR) is 65.6 cm³/mol. The maximum Gasteiger partial charge on any atom is 0.323 e. The molecule has 4 nitrogen and oxygen atoms in total. The Morgan fingerprint density at radius 1 is 1.33 bits per heavy atom. The lowest BCUT2D eigenvalue weighted by Gasteiger charge is -2.32. The molecule has 0 aliphatic heterocycles. The van der Waals surface area contributed by atoms with E-state index in [0.717, 1.165) is 18.4 Å². The highest BCUT2D eigenvalue weighted by molar-refractivity contribution is 6.01. The number of esters is 2. The van der Waals surface area contributed by atoms with Gasteiger partial charge in [-0.3, -0.25) is 9.59 Å². The first kappa shape index (κ1) is 12.9. The predicted octanol–water partition coefficient (Wildman–Crippen LogP) is 1.86. The third-order valence-corrected chi connectivity index (χ3v) is 4.13. The summed E-state index contributed by atoms with van der Waals surface area (Å²) in [6.45, 7) is 4.00. The van der Waals surface area contributed by atoms with Crippen molar-refractivity contribution in [3.05, 3.63) is 24.3 Å². The minimum Gasteiger partial charge on any atom is -0.468 e. The van der Waals surface area contributed by atoms with E-state index in [1.54, 1.807) is 0 Å². The first-order valence-corrected chi connectivity index (χ1v) is 6.09. The van der Waals surface area contributed by atoms with Crippen LogP contribution in [0.4, 0.5) is 0 Å². The van der Waals surface area contributed by atoms with E-state index in [2.05, 4.69) is 12.7 Å². The van der Waals surface area contributed by atoms with Gasteiger partial charge in [-0.15, -0.1) is 0 Å². The summed E-state index contributed by atoms with van der Waals surface area (Å²) in [6.07, 6.45) is 6.10. The molecule has 1 saturated carbocycles. The van der Waals surface area contributed by atoms with E-state index in [9.17, 15) is 9.59 Å². The van der Waals surface area contributed by atoms with Crippen LogP contribution in [0.25, 0.3) is 0 Å². The molecule has 2 aliphatic carbocycles. The van der Waals surface area contributed by atoms with Crippen molar-refractivity contribution in [2.24, 2.45) is 17.3 Å². The van der Waals surface area contributed by atoms with Crippen LogP contribution in [-0.4, -0.2) is 26.2 Å². The smallest absolute Gasteiger partial charge is 0.323 e. The first-order valence-electron chi connectivity index (χ1n) is 6.09. The van der Waals surface area contributed by atoms with Gasteiger partial charge in [-0.05, 0) is 25.2 Å². The zero-order chi connectivity index (χ0) is 13.3. The number of fused-ring (bicyclic) bond motifs is 1. The van der Waals surface area contributed by atoms with Gasteiger partial charge in [-0.25, -0.2) is 0 Å². The van der Waals surface area contributed by atoms with Crippen molar-refractivity contribution in [2.75, 3.05) is 14.2 Å². The number of rotatable bonds is 2. The third-order valence-electron chi connectivity index (χ3n) is 4.13. The van der Waals surface area contributed by atoms with Crippen LogP contribution in [-0.2, 0) is 19.1 Å². The fraction of sp³-hybridized carbons (Fsp3) is 0.571. The fourth-order valence-corrected chi connectivity index (χ4v) is 3.31. The zero-order valence-corrected chi connectivity index (χ0v) is 10.8. The molecule has 0 spiro atoms. The summed E-state index contributed by atoms with van der Waals surface area (Å²) in [7, 11) is 2.61. The molecule has 0 radical (unpaired) electrons. The number of carbonyl (C=O) groups is 2. The van der Waals surface area contributed by atoms with Gasteiger partial charge in [-0.2, -0.15) is 0 Å². The second kappa shape index (κ2) is 4.59. The van der Waals surface area contributed by atoms with Crippen LogP contribution >= 0.6 is 0 Å². The monoisotopic (exact) mass is 250 g/mol. The summed E-state index contributed by atoms with van der Waals surface area (Å²) in [5, 5.41) is 0. The summed E-state index contributed by atoms with van der Waals surface area (Å²) in [4.78, 5) is 24.3. The van der Waals surface area contributed by atoms with Gasteiger partial charge in [0.2, 0.25) is 0 Å². The minimum atomic E-state index is -1.20. The number of allylic oxidation sites excluding steroid dienone is 3. The molecule has 2 atom stereocenters. The van der Waals surface area contributed by atoms with Crippen molar-refractivity contribution in [1.29, 1.82) is 0 Å². The largest absolute Gasteiger partial charge is 0.468 e. The normalized spacial score (nSPS) is 28.7. The quantitative estimate of drug-likeness (QED) is 0.426. The SMILES string of the molecule is C=C1CC(C(=O)OC)(C(=O)OC)[C@H]2CCC=C[C@@H]12. The molecule has 2 aliphatic rings. The van der Waals surface area contributed by atoms with Gasteiger partial charge in [0, 0.05) is 5.92 Å². The fourth-order valence-electron chi connectivity index (χ4n) is 3.31. The standard InChI is InChI=1S/C14H18O4/c1-9-8-14(12(15)17-2,13(16)18-3)11-7-5-4-6-10(9)11/h4,6,10-11H,1,5,7-8H2,2-3H3/t10-,11-/m0/s1. The molecular weight excluding hydrogens is 232 g/mol. The number of methoxy groups -OCH3 is 2. The molecule has 18 heavy (non-hydrogen) atoms. The highest BCUT2D eigenvalue weighted by atomic mass is 16.5. The lowest BCUT2D eigenvalue weighted by atomic mass is 9.71. The van der Waals surface area contributed by atoms with Crippen LogP contribution in [0.15, 0.2) is 24.3 Å². The second-order valence-corrected chi connectivity index (χ2v) is 4.93. The van der Waals surface area contributed by atoms with E-state index >= 15 is 0 Å². The van der Waals surface area contributed by atoms with Crippen molar-refractivity contribution in [3.8, 4) is 0 Å². The molecule has 0 amide bonds. The van der Waals surface area contributed by atoms with Crippen LogP contribution in [0.3, 0.4) is 0 Å². The molecule has 0 saturated heterocycles. The molecule has 0 aromatic heterocycles. The van der Waals surface area contributed by atoms with Gasteiger partial charge < -0.3 is 9.47 Å². The van der Waals surface area contributed by atoms with Gasteiger partial charge in [0.25, 0.3) is 0 Å². The van der Waals surface area contributed by atoms with Crippen molar-refractivity contribution in [2.45, 2.75) is 19.3 Å². The molecule has 0 aromatic carbocycles. The summed E-state index contributed by atoms with van der Waals surface area (Å²) >= 11 is 0. The lowest BCUT2D eigenvalue weighted by Crippen LogP contribution is -2.45. The Morgan fingerprint density at radius 2 is 1.94 bits per heavy atom. The highest BCUT2D eigenvalue weighted by Crippen LogP contribution is 2.54. The third kappa shape index (κ3) is 1.59. The Bertz CT molecular complexity index is 406. The lowest BCUT2D eigenvalue weighted by molar-refractivity contribution is -0.172. The molecular formula is C14H18O4. The molecule has 0 heterocycles. The van der Waals surface area contributed by atoms with Crippen molar-refractivity contribution in [1.82, 2.24) is 0 Å². The summed E-state index contributed by atoms with van der Waals surface area (Å²) < 4.78 is 9.71. The van der Waals surface area contributed by atoms with Gasteiger partial charge in [0.1, 0.15) is 0 Å². The molecule has 0 bridgehead atoms. The number of hydrogen-bond acceptors (Lipinski definition) is 4. The van der Waals surface area contributed by atoms with Crippen LogP contribution in [0.5, 0.6) is 0 Å². The molecule has 98 valence electrons. The summed E-state index contributed by atoms with van der Waals surface area (Å²) in [5.74, 6) is -1.01. The van der Waals surface area contributed by atoms with Crippen LogP contribution in [0.1, 0.15) is 19.3 Å². The zero-order valence-electron chi connectivity index (χ0n) is 10.8. The Kier molecular flexibility index (Phi) is 3.28. The van der Waals surface area contributed by atoms with E-state index in [4.69, 9.17) is 9.47 Å². The van der Waals surface area contributed by atoms with Crippen LogP contribution in [0, 0.1) is 17.3 Å². The molecule has 1 fully saturated rings. The molecule has 0 N–H and O–H groups in total. The second-order valence-electron chi connectivity index (χ2n) is 4.93. The summed E-state index contributed by atoms with van der Waals surface area (Å²) in [5.41, 5.74) is -0.289. The van der Waals surface area contributed by atoms with Crippen molar-refractivity contribution >= 4 is 11.9 Å². The van der Waals surface area contributed by atoms with Gasteiger partial charge in [-0.1, -0.05) is 24.3 Å². The molecule has 4 heteroatoms. The number of ether oxygens (including phenoxy) is 2. The molecule has 0 unspecified atom stereocenters. The van der Waals surface area contributed by atoms with Crippen LogP contribution < -0.4 is 0 Å². The highest BCUT2D eigenvalue weighted by Gasteiger charge is 2.61. The van der Waals surface area contributed by atoms with Crippen LogP contribution in [0.2, 0.25) is 0 Å². The van der Waals surface area contributed by atoms with Crippen molar-refractivity contribution in [3.63, 3.8) is 0 Å². The Morgan fingerprint density at radius 3 is 2.50 bits per heavy atom. The maximum atomic E-state index is 12.1. The van der Waals surface area contributed by atoms with Gasteiger partial charge in [0.05, 0.1) is 14.2 Å². The van der Waals surface area contributed by atoms with E-state index in [1.165, 1.54) is 14.2 Å². The van der Waals surface area contributed by atoms with E-state index < -0.39 is 17.4 Å². The molecule has 0 aromatic rings. The van der Waals surface area contributed by atoms with E-state index in [1.807, 2.05) is 6.08 Å².